The van der Waals surface area contributed by atoms with E-state index in [4.69, 9.17) is 5.11 Å². The third-order valence-corrected chi connectivity index (χ3v) is 3.22. The fraction of sp³-hybridized carbons (Fsp3) is 0.125. The molecule has 4 heteroatoms. The van der Waals surface area contributed by atoms with Gasteiger partial charge in [-0.3, -0.25) is 0 Å². The van der Waals surface area contributed by atoms with Crippen LogP contribution in [0.25, 0.3) is 16.9 Å². The maximum atomic E-state index is 11.0. The van der Waals surface area contributed by atoms with Gasteiger partial charge in [-0.1, -0.05) is 17.2 Å². The van der Waals surface area contributed by atoms with E-state index in [-0.39, 0.29) is 5.56 Å². The Kier molecular flexibility index (Phi) is 2.79. The molecule has 3 aromatic rings. The molecule has 3 rings (SSSR count). The van der Waals surface area contributed by atoms with Crippen LogP contribution in [-0.4, -0.2) is 20.5 Å². The number of hydrogen-bond acceptors (Lipinski definition) is 2. The lowest BCUT2D eigenvalue weighted by Gasteiger charge is -2.01. The molecule has 0 saturated heterocycles. The summed E-state index contributed by atoms with van der Waals surface area (Å²) in [5.74, 6) is -0.937. The molecule has 0 unspecified atom stereocenters. The maximum Gasteiger partial charge on any atom is 0.337 e. The Labute approximate surface area is 116 Å². The van der Waals surface area contributed by atoms with Gasteiger partial charge in [0.25, 0.3) is 0 Å². The van der Waals surface area contributed by atoms with Crippen LogP contribution in [0.4, 0.5) is 0 Å². The Morgan fingerprint density at radius 2 is 1.80 bits per heavy atom. The van der Waals surface area contributed by atoms with Crippen LogP contribution in [0.5, 0.6) is 0 Å². The zero-order valence-electron chi connectivity index (χ0n) is 11.3. The highest BCUT2D eigenvalue weighted by atomic mass is 16.4. The minimum absolute atomic E-state index is 0.252. The molecule has 0 radical (unpaired) electrons. The van der Waals surface area contributed by atoms with Gasteiger partial charge in [0.2, 0.25) is 0 Å². The van der Waals surface area contributed by atoms with Crippen molar-refractivity contribution in [1.29, 1.82) is 0 Å². The number of aryl methyl sites for hydroxylation is 2. The number of pyridine rings is 1. The smallest absolute Gasteiger partial charge is 0.337 e. The van der Waals surface area contributed by atoms with Gasteiger partial charge in [-0.05, 0) is 38.1 Å². The molecule has 0 aliphatic heterocycles. The number of fused-ring (bicyclic) bond motifs is 1. The van der Waals surface area contributed by atoms with Crippen molar-refractivity contribution in [2.45, 2.75) is 13.8 Å². The summed E-state index contributed by atoms with van der Waals surface area (Å²) in [6.07, 6.45) is 3.44. The summed E-state index contributed by atoms with van der Waals surface area (Å²) in [6, 6.07) is 9.55. The van der Waals surface area contributed by atoms with Crippen molar-refractivity contribution in [1.82, 2.24) is 9.38 Å². The number of rotatable bonds is 2. The molecule has 0 aliphatic carbocycles. The van der Waals surface area contributed by atoms with Crippen molar-refractivity contribution in [3.8, 4) is 11.3 Å². The van der Waals surface area contributed by atoms with E-state index in [0.29, 0.717) is 0 Å². The highest BCUT2D eigenvalue weighted by molar-refractivity contribution is 5.87. The average molecular weight is 266 g/mol. The number of aromatic carboxylic acids is 1. The molecular weight excluding hydrogens is 252 g/mol. The summed E-state index contributed by atoms with van der Waals surface area (Å²) in [7, 11) is 0. The topological polar surface area (TPSA) is 54.6 Å². The van der Waals surface area contributed by atoms with Gasteiger partial charge in [-0.25, -0.2) is 9.78 Å². The molecule has 0 amide bonds. The molecule has 4 nitrogen and oxygen atoms in total. The number of carbonyl (C=O) groups is 1. The van der Waals surface area contributed by atoms with E-state index in [0.717, 1.165) is 16.9 Å². The van der Waals surface area contributed by atoms with Crippen molar-refractivity contribution in [3.05, 3.63) is 59.4 Å². The second kappa shape index (κ2) is 4.49. The van der Waals surface area contributed by atoms with Crippen molar-refractivity contribution < 1.29 is 9.90 Å². The van der Waals surface area contributed by atoms with Gasteiger partial charge in [0.15, 0.2) is 0 Å². The second-order valence-electron chi connectivity index (χ2n) is 4.99. The molecule has 0 aliphatic rings. The first-order valence-corrected chi connectivity index (χ1v) is 6.34. The van der Waals surface area contributed by atoms with Crippen LogP contribution >= 0.6 is 0 Å². The Bertz CT molecular complexity index is 798. The van der Waals surface area contributed by atoms with Crippen LogP contribution < -0.4 is 0 Å². The van der Waals surface area contributed by atoms with Crippen molar-refractivity contribution >= 4 is 11.6 Å². The minimum atomic E-state index is -0.937. The molecule has 2 heterocycles. The fourth-order valence-electron chi connectivity index (χ4n) is 2.38. The quantitative estimate of drug-likeness (QED) is 0.774. The van der Waals surface area contributed by atoms with Crippen molar-refractivity contribution in [2.24, 2.45) is 0 Å². The van der Waals surface area contributed by atoms with E-state index in [9.17, 15) is 4.79 Å². The van der Waals surface area contributed by atoms with Gasteiger partial charge in [0, 0.05) is 18.0 Å². The molecule has 0 bridgehead atoms. The number of nitrogens with zero attached hydrogens (tertiary/aromatic N) is 2. The van der Waals surface area contributed by atoms with Crippen LogP contribution in [0.3, 0.4) is 0 Å². The highest BCUT2D eigenvalue weighted by Crippen LogP contribution is 2.22. The first-order chi connectivity index (χ1) is 9.52. The predicted molar refractivity (Wildman–Crippen MR) is 77.1 cm³/mol. The summed E-state index contributed by atoms with van der Waals surface area (Å²) >= 11 is 0. The SMILES string of the molecule is Cc1cc(C)cc(-c2cn3cc(C(=O)O)ccc3n2)c1. The van der Waals surface area contributed by atoms with Crippen LogP contribution in [0.15, 0.2) is 42.7 Å². The molecule has 0 fully saturated rings. The largest absolute Gasteiger partial charge is 0.478 e. The van der Waals surface area contributed by atoms with Crippen LogP contribution in [-0.2, 0) is 0 Å². The Hall–Kier alpha value is -2.62. The highest BCUT2D eigenvalue weighted by Gasteiger charge is 2.08. The third-order valence-electron chi connectivity index (χ3n) is 3.22. The normalized spacial score (nSPS) is 10.9. The first kappa shape index (κ1) is 12.4. The van der Waals surface area contributed by atoms with Gasteiger partial charge in [-0.15, -0.1) is 0 Å². The number of hydrogen-bond donors (Lipinski definition) is 1. The Morgan fingerprint density at radius 1 is 1.10 bits per heavy atom. The summed E-state index contributed by atoms with van der Waals surface area (Å²) in [5.41, 5.74) is 5.25. The van der Waals surface area contributed by atoms with E-state index in [1.54, 1.807) is 22.7 Å². The monoisotopic (exact) mass is 266 g/mol. The van der Waals surface area contributed by atoms with Crippen LogP contribution in [0.2, 0.25) is 0 Å². The molecule has 2 aromatic heterocycles. The molecular formula is C16H14N2O2. The fourth-order valence-corrected chi connectivity index (χ4v) is 2.38. The lowest BCUT2D eigenvalue weighted by Crippen LogP contribution is -1.97. The van der Waals surface area contributed by atoms with Crippen molar-refractivity contribution in [3.63, 3.8) is 0 Å². The molecule has 0 spiro atoms. The molecule has 0 atom stereocenters. The number of carboxylic acid groups (broad SMARTS) is 1. The van der Waals surface area contributed by atoms with Gasteiger partial charge in [0.1, 0.15) is 5.65 Å². The van der Waals surface area contributed by atoms with E-state index in [1.165, 1.54) is 11.1 Å². The lowest BCUT2D eigenvalue weighted by atomic mass is 10.1. The van der Waals surface area contributed by atoms with E-state index < -0.39 is 5.97 Å². The summed E-state index contributed by atoms with van der Waals surface area (Å²) in [4.78, 5) is 15.5. The van der Waals surface area contributed by atoms with E-state index >= 15 is 0 Å². The van der Waals surface area contributed by atoms with E-state index in [2.05, 4.69) is 37.0 Å². The number of imidazole rings is 1. The standard InChI is InChI=1S/C16H14N2O2/c1-10-5-11(2)7-13(6-10)14-9-18-8-12(16(19)20)3-4-15(18)17-14/h3-9H,1-2H3,(H,19,20). The molecule has 1 aromatic carbocycles. The summed E-state index contributed by atoms with van der Waals surface area (Å²) in [5, 5.41) is 9.01. The van der Waals surface area contributed by atoms with Gasteiger partial charge in [0.05, 0.1) is 11.3 Å². The number of aromatic nitrogens is 2. The number of carboxylic acids is 1. The van der Waals surface area contributed by atoms with Gasteiger partial charge in [-0.2, -0.15) is 0 Å². The van der Waals surface area contributed by atoms with Gasteiger partial charge >= 0.3 is 5.97 Å². The Balaban J connectivity index is 2.15. The molecule has 0 saturated carbocycles. The van der Waals surface area contributed by atoms with E-state index in [1.807, 2.05) is 6.20 Å². The minimum Gasteiger partial charge on any atom is -0.478 e. The number of benzene rings is 1. The average Bonchev–Trinajstić information content (AvgIpc) is 2.80. The zero-order valence-corrected chi connectivity index (χ0v) is 11.3. The first-order valence-electron chi connectivity index (χ1n) is 6.34. The lowest BCUT2D eigenvalue weighted by molar-refractivity contribution is 0.0696. The van der Waals surface area contributed by atoms with Gasteiger partial charge < -0.3 is 9.51 Å². The van der Waals surface area contributed by atoms with Crippen LogP contribution in [0, 0.1) is 13.8 Å². The molecule has 20 heavy (non-hydrogen) atoms. The summed E-state index contributed by atoms with van der Waals surface area (Å²) < 4.78 is 1.75. The summed E-state index contributed by atoms with van der Waals surface area (Å²) in [6.45, 7) is 4.10. The molecule has 100 valence electrons. The third kappa shape index (κ3) is 2.16. The van der Waals surface area contributed by atoms with Crippen LogP contribution in [0.1, 0.15) is 21.5 Å². The zero-order chi connectivity index (χ0) is 14.3. The predicted octanol–water partition coefficient (Wildman–Crippen LogP) is 3.32. The maximum absolute atomic E-state index is 11.0. The van der Waals surface area contributed by atoms with Crippen molar-refractivity contribution in [2.75, 3.05) is 0 Å². The Morgan fingerprint density at radius 3 is 2.45 bits per heavy atom. The second-order valence-corrected chi connectivity index (χ2v) is 4.99. The molecule has 1 N–H and O–H groups in total.